The molecule has 0 amide bonds. The lowest BCUT2D eigenvalue weighted by molar-refractivity contribution is 0.302. The molecule has 162 valence electrons. The number of ether oxygens (including phenoxy) is 2. The van der Waals surface area contributed by atoms with Gasteiger partial charge in [0.1, 0.15) is 5.65 Å². The molecule has 0 saturated heterocycles. The van der Waals surface area contributed by atoms with Crippen LogP contribution in [0.1, 0.15) is 30.9 Å². The lowest BCUT2D eigenvalue weighted by atomic mass is 9.99. The van der Waals surface area contributed by atoms with E-state index in [1.807, 2.05) is 31.3 Å². The van der Waals surface area contributed by atoms with Gasteiger partial charge in [-0.3, -0.25) is 14.1 Å². The number of hydrogen-bond acceptors (Lipinski definition) is 5. The number of benzene rings is 1. The van der Waals surface area contributed by atoms with Crippen LogP contribution in [-0.4, -0.2) is 48.1 Å². The molecule has 0 saturated carbocycles. The highest BCUT2D eigenvalue weighted by Gasteiger charge is 2.15. The molecule has 31 heavy (non-hydrogen) atoms. The molecule has 2 aromatic heterocycles. The summed E-state index contributed by atoms with van der Waals surface area (Å²) in [6, 6.07) is 9.27. The van der Waals surface area contributed by atoms with E-state index in [1.54, 1.807) is 24.7 Å². The molecule has 1 aromatic carbocycles. The van der Waals surface area contributed by atoms with Crippen LogP contribution in [0.15, 0.2) is 47.4 Å². The zero-order chi connectivity index (χ0) is 22.0. The second-order valence-electron chi connectivity index (χ2n) is 7.93. The number of rotatable bonds is 6. The van der Waals surface area contributed by atoms with Crippen LogP contribution in [0, 0.1) is 6.92 Å². The minimum absolute atomic E-state index is 0.0937. The summed E-state index contributed by atoms with van der Waals surface area (Å²) in [5, 5.41) is 0. The van der Waals surface area contributed by atoms with Gasteiger partial charge in [-0.05, 0) is 67.3 Å². The van der Waals surface area contributed by atoms with Gasteiger partial charge >= 0.3 is 0 Å². The lowest BCUT2D eigenvalue weighted by Gasteiger charge is -2.26. The molecule has 4 rings (SSSR count). The summed E-state index contributed by atoms with van der Waals surface area (Å²) in [6.45, 7) is 7.37. The maximum Gasteiger partial charge on any atom is 0.258 e. The smallest absolute Gasteiger partial charge is 0.258 e. The summed E-state index contributed by atoms with van der Waals surface area (Å²) in [5.74, 6) is 1.25. The fraction of sp³-hybridized carbons (Fsp3) is 0.360. The summed E-state index contributed by atoms with van der Waals surface area (Å²) < 4.78 is 12.4. The second kappa shape index (κ2) is 8.94. The van der Waals surface area contributed by atoms with Gasteiger partial charge < -0.3 is 9.47 Å². The van der Waals surface area contributed by atoms with E-state index in [0.29, 0.717) is 22.8 Å². The molecule has 0 radical (unpaired) electrons. The van der Waals surface area contributed by atoms with Crippen LogP contribution in [0.4, 0.5) is 0 Å². The van der Waals surface area contributed by atoms with Crippen molar-refractivity contribution in [2.24, 2.45) is 0 Å². The van der Waals surface area contributed by atoms with Crippen LogP contribution >= 0.6 is 0 Å². The fourth-order valence-corrected chi connectivity index (χ4v) is 4.18. The molecule has 1 aliphatic rings. The molecular weight excluding hydrogens is 390 g/mol. The molecule has 0 unspecified atom stereocenters. The van der Waals surface area contributed by atoms with Gasteiger partial charge in [0, 0.05) is 30.9 Å². The summed E-state index contributed by atoms with van der Waals surface area (Å²) in [4.78, 5) is 20.3. The van der Waals surface area contributed by atoms with E-state index in [-0.39, 0.29) is 5.56 Å². The summed E-state index contributed by atoms with van der Waals surface area (Å²) in [6.07, 6.45) is 6.38. The number of fused-ring (bicyclic) bond motifs is 1. The van der Waals surface area contributed by atoms with Gasteiger partial charge in [-0.2, -0.15) is 0 Å². The predicted molar refractivity (Wildman–Crippen MR) is 124 cm³/mol. The van der Waals surface area contributed by atoms with Crippen LogP contribution in [0.2, 0.25) is 0 Å². The van der Waals surface area contributed by atoms with E-state index in [0.717, 1.165) is 42.7 Å². The minimum atomic E-state index is -0.0937. The summed E-state index contributed by atoms with van der Waals surface area (Å²) in [5.41, 5.74) is 5.39. The standard InChI is InChI=1S/C25H29N3O3/c1-5-10-27-11-8-18(9-12-27)20-13-17(2)25-26-21(15-24(29)28(25)16-20)19-6-7-22(30-3)23(14-19)31-4/h6-8,13-16H,5,9-12H2,1-4H3. The normalized spacial score (nSPS) is 14.5. The van der Waals surface area contributed by atoms with E-state index >= 15 is 0 Å². The van der Waals surface area contributed by atoms with Crippen LogP contribution in [-0.2, 0) is 0 Å². The van der Waals surface area contributed by atoms with Crippen molar-refractivity contribution in [3.05, 3.63) is 64.1 Å². The van der Waals surface area contributed by atoms with Crippen molar-refractivity contribution in [2.45, 2.75) is 26.7 Å². The first-order chi connectivity index (χ1) is 15.0. The van der Waals surface area contributed by atoms with Gasteiger partial charge in [0.25, 0.3) is 5.56 Å². The Morgan fingerprint density at radius 3 is 2.55 bits per heavy atom. The Morgan fingerprint density at radius 1 is 1.06 bits per heavy atom. The first-order valence-corrected chi connectivity index (χ1v) is 10.7. The molecule has 0 aliphatic carbocycles. The number of aromatic nitrogens is 2. The quantitative estimate of drug-likeness (QED) is 0.600. The van der Waals surface area contributed by atoms with Crippen molar-refractivity contribution < 1.29 is 9.47 Å². The first-order valence-electron chi connectivity index (χ1n) is 10.7. The van der Waals surface area contributed by atoms with Crippen molar-refractivity contribution in [1.29, 1.82) is 0 Å². The topological polar surface area (TPSA) is 56.1 Å². The van der Waals surface area contributed by atoms with E-state index in [1.165, 1.54) is 12.0 Å². The molecule has 3 aromatic rings. The Morgan fingerprint density at radius 2 is 1.87 bits per heavy atom. The van der Waals surface area contributed by atoms with Gasteiger partial charge in [-0.15, -0.1) is 0 Å². The van der Waals surface area contributed by atoms with Crippen LogP contribution in [0.3, 0.4) is 0 Å². The maximum atomic E-state index is 13.0. The zero-order valence-electron chi connectivity index (χ0n) is 18.6. The zero-order valence-corrected chi connectivity index (χ0v) is 18.6. The Kier molecular flexibility index (Phi) is 6.09. The van der Waals surface area contributed by atoms with Crippen LogP contribution in [0.25, 0.3) is 22.5 Å². The Labute approximate surface area is 182 Å². The van der Waals surface area contributed by atoms with Gasteiger partial charge in [-0.1, -0.05) is 13.0 Å². The lowest BCUT2D eigenvalue weighted by Crippen LogP contribution is -2.29. The average Bonchev–Trinajstić information content (AvgIpc) is 2.79. The Hall–Kier alpha value is -3.12. The van der Waals surface area contributed by atoms with Crippen molar-refractivity contribution in [3.8, 4) is 22.8 Å². The number of aryl methyl sites for hydroxylation is 1. The van der Waals surface area contributed by atoms with Crippen LogP contribution in [0.5, 0.6) is 11.5 Å². The summed E-state index contributed by atoms with van der Waals surface area (Å²) >= 11 is 0. The highest BCUT2D eigenvalue weighted by Crippen LogP contribution is 2.32. The van der Waals surface area contributed by atoms with Crippen LogP contribution < -0.4 is 15.0 Å². The van der Waals surface area contributed by atoms with E-state index in [2.05, 4.69) is 24.0 Å². The van der Waals surface area contributed by atoms with Crippen molar-refractivity contribution in [3.63, 3.8) is 0 Å². The second-order valence-corrected chi connectivity index (χ2v) is 7.93. The number of hydrogen-bond donors (Lipinski definition) is 0. The molecule has 0 N–H and O–H groups in total. The molecule has 0 fully saturated rings. The molecule has 0 spiro atoms. The number of methoxy groups -OCH3 is 2. The largest absolute Gasteiger partial charge is 0.493 e. The number of nitrogens with zero attached hydrogens (tertiary/aromatic N) is 3. The van der Waals surface area contributed by atoms with Crippen molar-refractivity contribution >= 4 is 11.2 Å². The summed E-state index contributed by atoms with van der Waals surface area (Å²) in [7, 11) is 3.19. The Bertz CT molecular complexity index is 1200. The number of pyridine rings is 1. The van der Waals surface area contributed by atoms with E-state index < -0.39 is 0 Å². The maximum absolute atomic E-state index is 13.0. The molecule has 6 nitrogen and oxygen atoms in total. The van der Waals surface area contributed by atoms with Crippen molar-refractivity contribution in [1.82, 2.24) is 14.3 Å². The molecule has 3 heterocycles. The molecule has 1 aliphatic heterocycles. The Balaban J connectivity index is 1.74. The monoisotopic (exact) mass is 419 g/mol. The molecule has 0 bridgehead atoms. The highest BCUT2D eigenvalue weighted by molar-refractivity contribution is 5.70. The first kappa shape index (κ1) is 21.1. The minimum Gasteiger partial charge on any atom is -0.493 e. The third-order valence-electron chi connectivity index (χ3n) is 5.83. The third kappa shape index (κ3) is 4.21. The van der Waals surface area contributed by atoms with Gasteiger partial charge in [-0.25, -0.2) is 4.98 Å². The van der Waals surface area contributed by atoms with Crippen molar-refractivity contribution in [2.75, 3.05) is 33.9 Å². The highest BCUT2D eigenvalue weighted by atomic mass is 16.5. The third-order valence-corrected chi connectivity index (χ3v) is 5.83. The van der Waals surface area contributed by atoms with E-state index in [4.69, 9.17) is 14.5 Å². The predicted octanol–water partition coefficient (Wildman–Crippen LogP) is 4.19. The molecule has 6 heteroatoms. The SMILES string of the molecule is CCCN1CC=C(c2cc(C)c3nc(-c4ccc(OC)c(OC)c4)cc(=O)n3c2)CC1. The van der Waals surface area contributed by atoms with Gasteiger partial charge in [0.15, 0.2) is 11.5 Å². The van der Waals surface area contributed by atoms with E-state index in [9.17, 15) is 4.79 Å². The van der Waals surface area contributed by atoms with Gasteiger partial charge in [0.05, 0.1) is 19.9 Å². The van der Waals surface area contributed by atoms with Gasteiger partial charge in [0.2, 0.25) is 0 Å². The molecule has 0 atom stereocenters. The molecular formula is C25H29N3O3. The fourth-order valence-electron chi connectivity index (χ4n) is 4.18. The average molecular weight is 420 g/mol.